The molecule has 0 bridgehead atoms. The van der Waals surface area contributed by atoms with Gasteiger partial charge in [-0.15, -0.1) is 0 Å². The second-order valence-electron chi connectivity index (χ2n) is 9.90. The van der Waals surface area contributed by atoms with Gasteiger partial charge in [-0.3, -0.25) is 4.79 Å². The molecule has 1 saturated carbocycles. The van der Waals surface area contributed by atoms with Crippen molar-refractivity contribution in [3.63, 3.8) is 0 Å². The number of piperidine rings is 1. The Bertz CT molecular complexity index is 1180. The van der Waals surface area contributed by atoms with E-state index in [-0.39, 0.29) is 12.7 Å². The summed E-state index contributed by atoms with van der Waals surface area (Å²) in [6.07, 6.45) is 11.4. The van der Waals surface area contributed by atoms with Gasteiger partial charge in [0, 0.05) is 38.2 Å². The Morgan fingerprint density at radius 2 is 1.85 bits per heavy atom. The van der Waals surface area contributed by atoms with Crippen LogP contribution < -0.4 is 9.47 Å². The molecule has 2 fully saturated rings. The van der Waals surface area contributed by atoms with E-state index in [1.807, 2.05) is 35.4 Å². The predicted octanol–water partition coefficient (Wildman–Crippen LogP) is 4.69. The van der Waals surface area contributed by atoms with E-state index < -0.39 is 0 Å². The Balaban J connectivity index is 1.10. The molecule has 0 unspecified atom stereocenters. The molecule has 1 saturated heterocycles. The number of hydrogen-bond donors (Lipinski definition) is 0. The van der Waals surface area contributed by atoms with Crippen molar-refractivity contribution < 1.29 is 14.3 Å². The van der Waals surface area contributed by atoms with Gasteiger partial charge in [0.25, 0.3) is 0 Å². The molecule has 7 nitrogen and oxygen atoms in total. The number of aryl methyl sites for hydroxylation is 1. The number of fused-ring (bicyclic) bond motifs is 2. The van der Waals surface area contributed by atoms with Crippen LogP contribution in [0.1, 0.15) is 62.4 Å². The summed E-state index contributed by atoms with van der Waals surface area (Å²) in [4.78, 5) is 24.7. The van der Waals surface area contributed by atoms with Gasteiger partial charge in [-0.25, -0.2) is 9.97 Å². The monoisotopic (exact) mass is 460 g/mol. The average molecular weight is 461 g/mol. The standard InChI is InChI=1S/C27H32N4O3/c32-26(10-8-20-7-9-23-24(16-20)34-18-33-23)30-14-11-21(12-15-30)31-25(17-19-4-1-2-5-19)29-22-6-3-13-28-27(22)31/h3,6-7,9,13,16,19,21H,1-2,4-5,8,10-12,14-15,17-18H2. The number of likely N-dealkylation sites (tertiary alicyclic amines) is 1. The Kier molecular flexibility index (Phi) is 5.85. The summed E-state index contributed by atoms with van der Waals surface area (Å²) in [5, 5.41) is 0. The molecule has 6 rings (SSSR count). The molecule has 1 amide bonds. The molecular weight excluding hydrogens is 428 g/mol. The van der Waals surface area contributed by atoms with Crippen LogP contribution >= 0.6 is 0 Å². The lowest BCUT2D eigenvalue weighted by atomic mass is 10.0. The molecular formula is C27H32N4O3. The number of carbonyl (C=O) groups is 1. The van der Waals surface area contributed by atoms with Crippen LogP contribution in [0.2, 0.25) is 0 Å². The van der Waals surface area contributed by atoms with Gasteiger partial charge < -0.3 is 18.9 Å². The molecule has 4 heterocycles. The lowest BCUT2D eigenvalue weighted by Crippen LogP contribution is -2.39. The summed E-state index contributed by atoms with van der Waals surface area (Å²) < 4.78 is 13.2. The van der Waals surface area contributed by atoms with Gasteiger partial charge in [-0.2, -0.15) is 0 Å². The highest BCUT2D eigenvalue weighted by molar-refractivity contribution is 5.76. The zero-order valence-electron chi connectivity index (χ0n) is 19.6. The first kappa shape index (κ1) is 21.4. The average Bonchev–Trinajstić information content (AvgIpc) is 3.62. The fraction of sp³-hybridized carbons (Fsp3) is 0.519. The maximum absolute atomic E-state index is 12.9. The zero-order chi connectivity index (χ0) is 22.9. The summed E-state index contributed by atoms with van der Waals surface area (Å²) >= 11 is 0. The van der Waals surface area contributed by atoms with Gasteiger partial charge in [0.15, 0.2) is 17.1 Å². The van der Waals surface area contributed by atoms with Crippen molar-refractivity contribution in [1.82, 2.24) is 19.4 Å². The molecule has 1 aromatic carbocycles. The second-order valence-corrected chi connectivity index (χ2v) is 9.90. The molecule has 34 heavy (non-hydrogen) atoms. The molecule has 0 atom stereocenters. The van der Waals surface area contributed by atoms with Crippen LogP contribution in [0, 0.1) is 5.92 Å². The first-order valence-corrected chi connectivity index (χ1v) is 12.7. The number of nitrogens with zero attached hydrogens (tertiary/aromatic N) is 4. The number of carbonyl (C=O) groups excluding carboxylic acids is 1. The Labute approximate surface area is 200 Å². The Hall–Kier alpha value is -3.09. The molecule has 0 radical (unpaired) electrons. The molecule has 0 spiro atoms. The largest absolute Gasteiger partial charge is 0.454 e. The maximum Gasteiger partial charge on any atom is 0.231 e. The van der Waals surface area contributed by atoms with E-state index in [1.165, 1.54) is 31.5 Å². The van der Waals surface area contributed by atoms with Crippen molar-refractivity contribution in [2.75, 3.05) is 19.9 Å². The first-order chi connectivity index (χ1) is 16.7. The van der Waals surface area contributed by atoms with Gasteiger partial charge in [0.2, 0.25) is 12.7 Å². The summed E-state index contributed by atoms with van der Waals surface area (Å²) in [5.41, 5.74) is 3.11. The quantitative estimate of drug-likeness (QED) is 0.534. The van der Waals surface area contributed by atoms with Gasteiger partial charge in [-0.1, -0.05) is 31.7 Å². The highest BCUT2D eigenvalue weighted by Gasteiger charge is 2.28. The molecule has 2 aliphatic heterocycles. The van der Waals surface area contributed by atoms with Crippen LogP contribution in [-0.2, 0) is 17.6 Å². The summed E-state index contributed by atoms with van der Waals surface area (Å²) in [5.74, 6) is 3.73. The number of rotatable bonds is 6. The van der Waals surface area contributed by atoms with E-state index in [0.717, 1.165) is 72.9 Å². The number of hydrogen-bond acceptors (Lipinski definition) is 5. The van der Waals surface area contributed by atoms with Crippen LogP contribution in [0.3, 0.4) is 0 Å². The molecule has 3 aliphatic rings. The third kappa shape index (κ3) is 4.24. The molecule has 2 aromatic heterocycles. The lowest BCUT2D eigenvalue weighted by molar-refractivity contribution is -0.132. The van der Waals surface area contributed by atoms with Crippen LogP contribution in [0.4, 0.5) is 0 Å². The maximum atomic E-state index is 12.9. The van der Waals surface area contributed by atoms with Gasteiger partial charge in [0.1, 0.15) is 11.3 Å². The number of aromatic nitrogens is 3. The highest BCUT2D eigenvalue weighted by Crippen LogP contribution is 2.34. The summed E-state index contributed by atoms with van der Waals surface area (Å²) in [7, 11) is 0. The third-order valence-corrected chi connectivity index (χ3v) is 7.71. The van der Waals surface area contributed by atoms with E-state index in [0.29, 0.717) is 12.5 Å². The van der Waals surface area contributed by atoms with Crippen molar-refractivity contribution in [2.45, 2.75) is 63.8 Å². The number of amides is 1. The van der Waals surface area contributed by atoms with Crippen molar-refractivity contribution in [2.24, 2.45) is 5.92 Å². The highest BCUT2D eigenvalue weighted by atomic mass is 16.7. The van der Waals surface area contributed by atoms with Crippen LogP contribution in [0.15, 0.2) is 36.5 Å². The predicted molar refractivity (Wildman–Crippen MR) is 129 cm³/mol. The fourth-order valence-corrected chi connectivity index (χ4v) is 5.86. The van der Waals surface area contributed by atoms with Crippen molar-refractivity contribution in [3.8, 4) is 11.5 Å². The molecule has 7 heteroatoms. The lowest BCUT2D eigenvalue weighted by Gasteiger charge is -2.33. The van der Waals surface area contributed by atoms with Crippen LogP contribution in [0.5, 0.6) is 11.5 Å². The molecule has 3 aromatic rings. The van der Waals surface area contributed by atoms with Crippen LogP contribution in [-0.4, -0.2) is 45.2 Å². The van der Waals surface area contributed by atoms with Gasteiger partial charge in [-0.05, 0) is 55.0 Å². The molecule has 178 valence electrons. The Morgan fingerprint density at radius 1 is 1.03 bits per heavy atom. The van der Waals surface area contributed by atoms with E-state index in [4.69, 9.17) is 19.4 Å². The summed E-state index contributed by atoms with van der Waals surface area (Å²) in [6, 6.07) is 10.3. The zero-order valence-corrected chi connectivity index (χ0v) is 19.6. The minimum absolute atomic E-state index is 0.232. The van der Waals surface area contributed by atoms with E-state index >= 15 is 0 Å². The Morgan fingerprint density at radius 3 is 2.71 bits per heavy atom. The summed E-state index contributed by atoms with van der Waals surface area (Å²) in [6.45, 7) is 1.86. The first-order valence-electron chi connectivity index (χ1n) is 12.7. The third-order valence-electron chi connectivity index (χ3n) is 7.71. The SMILES string of the molecule is O=C(CCc1ccc2c(c1)OCO2)N1CCC(n2c(CC3CCCC3)nc3cccnc32)CC1. The van der Waals surface area contributed by atoms with Crippen molar-refractivity contribution in [1.29, 1.82) is 0 Å². The second kappa shape index (κ2) is 9.28. The normalized spacial score (nSPS) is 18.8. The van der Waals surface area contributed by atoms with E-state index in [2.05, 4.69) is 10.6 Å². The van der Waals surface area contributed by atoms with Crippen LogP contribution in [0.25, 0.3) is 11.2 Å². The fourth-order valence-electron chi connectivity index (χ4n) is 5.86. The molecule has 1 aliphatic carbocycles. The number of imidazole rings is 1. The number of benzene rings is 1. The number of ether oxygens (including phenoxy) is 2. The van der Waals surface area contributed by atoms with E-state index in [1.54, 1.807) is 0 Å². The topological polar surface area (TPSA) is 69.5 Å². The van der Waals surface area contributed by atoms with Gasteiger partial charge >= 0.3 is 0 Å². The minimum Gasteiger partial charge on any atom is -0.454 e. The van der Waals surface area contributed by atoms with Crippen molar-refractivity contribution in [3.05, 3.63) is 47.9 Å². The van der Waals surface area contributed by atoms with E-state index in [9.17, 15) is 4.79 Å². The molecule has 0 N–H and O–H groups in total. The van der Waals surface area contributed by atoms with Crippen molar-refractivity contribution >= 4 is 17.1 Å². The minimum atomic E-state index is 0.232. The number of pyridine rings is 1. The van der Waals surface area contributed by atoms with Gasteiger partial charge in [0.05, 0.1) is 0 Å². The smallest absolute Gasteiger partial charge is 0.231 e.